The maximum atomic E-state index is 13.1. The van der Waals surface area contributed by atoms with Gasteiger partial charge in [-0.2, -0.15) is 18.0 Å². The molecule has 1 aliphatic rings. The zero-order chi connectivity index (χ0) is 19.4. The van der Waals surface area contributed by atoms with Gasteiger partial charge in [-0.1, -0.05) is 6.07 Å². The van der Waals surface area contributed by atoms with Crippen LogP contribution < -0.4 is 5.32 Å². The molecule has 0 radical (unpaired) electrons. The van der Waals surface area contributed by atoms with Crippen molar-refractivity contribution < 1.29 is 18.0 Å². The Balaban J connectivity index is 1.77. The number of aryl methyl sites for hydroxylation is 2. The Kier molecular flexibility index (Phi) is 5.73. The molecule has 1 aromatic heterocycles. The average molecular weight is 382 g/mol. The summed E-state index contributed by atoms with van der Waals surface area (Å²) in [6, 6.07) is 3.59. The van der Waals surface area contributed by atoms with E-state index in [1.54, 1.807) is 11.8 Å². The number of tetrazole rings is 1. The fourth-order valence-corrected chi connectivity index (χ4v) is 3.05. The molecule has 7 nitrogen and oxygen atoms in total. The molecule has 2 aromatic rings. The molecule has 1 fully saturated rings. The molecule has 3 rings (SSSR count). The van der Waals surface area contributed by atoms with Crippen LogP contribution in [-0.4, -0.2) is 57.2 Å². The van der Waals surface area contributed by atoms with E-state index in [1.165, 1.54) is 10.9 Å². The number of halogens is 3. The van der Waals surface area contributed by atoms with Crippen molar-refractivity contribution in [2.75, 3.05) is 26.2 Å². The first kappa shape index (κ1) is 19.3. The summed E-state index contributed by atoms with van der Waals surface area (Å²) in [5.74, 6) is 0.453. The van der Waals surface area contributed by atoms with E-state index in [-0.39, 0.29) is 18.9 Å². The summed E-state index contributed by atoms with van der Waals surface area (Å²) < 4.78 is 39.2. The van der Waals surface area contributed by atoms with Crippen molar-refractivity contribution in [2.24, 2.45) is 0 Å². The van der Waals surface area contributed by atoms with Gasteiger partial charge in [-0.3, -0.25) is 4.79 Å². The molecule has 1 aromatic carbocycles. The third kappa shape index (κ3) is 5.03. The van der Waals surface area contributed by atoms with Crippen molar-refractivity contribution in [3.05, 3.63) is 40.7 Å². The van der Waals surface area contributed by atoms with E-state index in [2.05, 4.69) is 20.7 Å². The van der Waals surface area contributed by atoms with Gasteiger partial charge in [0.05, 0.1) is 12.1 Å². The molecule has 1 aliphatic heterocycles. The SMILES string of the molecule is Cc1nnn(Cc2cc(C(F)(F)F)ccc2CCC(=O)N2CCNCC2)n1. The first-order chi connectivity index (χ1) is 12.8. The lowest BCUT2D eigenvalue weighted by Gasteiger charge is -2.27. The molecule has 0 atom stereocenters. The molecular formula is C17H21F3N6O. The molecule has 1 saturated heterocycles. The first-order valence-electron chi connectivity index (χ1n) is 8.75. The molecule has 0 spiro atoms. The maximum Gasteiger partial charge on any atom is 0.416 e. The summed E-state index contributed by atoms with van der Waals surface area (Å²) >= 11 is 0. The summed E-state index contributed by atoms with van der Waals surface area (Å²) in [4.78, 5) is 15.4. The van der Waals surface area contributed by atoms with Crippen LogP contribution in [0, 0.1) is 6.92 Å². The highest BCUT2D eigenvalue weighted by Crippen LogP contribution is 2.31. The van der Waals surface area contributed by atoms with Crippen LogP contribution in [0.2, 0.25) is 0 Å². The maximum absolute atomic E-state index is 13.1. The molecule has 0 unspecified atom stereocenters. The molecule has 0 saturated carbocycles. The van der Waals surface area contributed by atoms with E-state index < -0.39 is 11.7 Å². The minimum absolute atomic E-state index is 0.0112. The zero-order valence-corrected chi connectivity index (χ0v) is 15.0. The van der Waals surface area contributed by atoms with Gasteiger partial charge in [0.25, 0.3) is 0 Å². The van der Waals surface area contributed by atoms with Crippen LogP contribution in [0.1, 0.15) is 28.9 Å². The zero-order valence-electron chi connectivity index (χ0n) is 15.0. The van der Waals surface area contributed by atoms with E-state index in [0.717, 1.165) is 25.2 Å². The number of carbonyl (C=O) groups is 1. The monoisotopic (exact) mass is 382 g/mol. The van der Waals surface area contributed by atoms with Crippen LogP contribution in [-0.2, 0) is 23.9 Å². The highest BCUT2D eigenvalue weighted by Gasteiger charge is 2.31. The van der Waals surface area contributed by atoms with Crippen molar-refractivity contribution in [1.82, 2.24) is 30.4 Å². The van der Waals surface area contributed by atoms with Gasteiger partial charge in [-0.25, -0.2) is 0 Å². The van der Waals surface area contributed by atoms with Crippen LogP contribution in [0.25, 0.3) is 0 Å². The Morgan fingerprint density at radius 2 is 1.96 bits per heavy atom. The number of nitrogens with zero attached hydrogens (tertiary/aromatic N) is 5. The Morgan fingerprint density at radius 3 is 2.59 bits per heavy atom. The number of amides is 1. The summed E-state index contributed by atoms with van der Waals surface area (Å²) in [5.41, 5.74) is 0.392. The molecule has 1 N–H and O–H groups in total. The minimum atomic E-state index is -4.43. The Labute approximate surface area is 154 Å². The number of piperazine rings is 1. The smallest absolute Gasteiger partial charge is 0.340 e. The number of carbonyl (C=O) groups excluding carboxylic acids is 1. The van der Waals surface area contributed by atoms with E-state index >= 15 is 0 Å². The lowest BCUT2D eigenvalue weighted by Crippen LogP contribution is -2.46. The molecule has 146 valence electrons. The Bertz CT molecular complexity index is 798. The van der Waals surface area contributed by atoms with Gasteiger partial charge in [0, 0.05) is 32.6 Å². The molecular weight excluding hydrogens is 361 g/mol. The van der Waals surface area contributed by atoms with Gasteiger partial charge in [0.2, 0.25) is 5.91 Å². The normalized spacial score (nSPS) is 15.2. The standard InChI is InChI=1S/C17H21F3N6O/c1-12-22-24-26(23-12)11-14-10-15(17(18,19)20)4-2-13(14)3-5-16(27)25-8-6-21-7-9-25/h2,4,10,21H,3,5-9,11H2,1H3. The largest absolute Gasteiger partial charge is 0.416 e. The van der Waals surface area contributed by atoms with Gasteiger partial charge < -0.3 is 10.2 Å². The van der Waals surface area contributed by atoms with E-state index in [1.807, 2.05) is 0 Å². The third-order valence-electron chi connectivity index (χ3n) is 4.48. The van der Waals surface area contributed by atoms with Gasteiger partial charge >= 0.3 is 6.18 Å². The van der Waals surface area contributed by atoms with Crippen molar-refractivity contribution in [3.8, 4) is 0 Å². The number of rotatable bonds is 5. The van der Waals surface area contributed by atoms with Crippen molar-refractivity contribution in [2.45, 2.75) is 32.5 Å². The van der Waals surface area contributed by atoms with Gasteiger partial charge in [-0.05, 0) is 41.8 Å². The summed E-state index contributed by atoms with van der Waals surface area (Å²) in [6.45, 7) is 4.55. The van der Waals surface area contributed by atoms with E-state index in [4.69, 9.17) is 0 Å². The minimum Gasteiger partial charge on any atom is -0.340 e. The average Bonchev–Trinajstić information content (AvgIpc) is 3.05. The first-order valence-corrected chi connectivity index (χ1v) is 8.75. The topological polar surface area (TPSA) is 75.9 Å². The Morgan fingerprint density at radius 1 is 1.22 bits per heavy atom. The number of nitrogens with one attached hydrogen (secondary N) is 1. The lowest BCUT2D eigenvalue weighted by molar-refractivity contribution is -0.137. The highest BCUT2D eigenvalue weighted by molar-refractivity contribution is 5.76. The predicted molar refractivity (Wildman–Crippen MR) is 90.9 cm³/mol. The molecule has 2 heterocycles. The number of benzene rings is 1. The van der Waals surface area contributed by atoms with Crippen molar-refractivity contribution in [1.29, 1.82) is 0 Å². The molecule has 10 heteroatoms. The van der Waals surface area contributed by atoms with Crippen LogP contribution in [0.4, 0.5) is 13.2 Å². The van der Waals surface area contributed by atoms with Crippen LogP contribution in [0.3, 0.4) is 0 Å². The number of hydrogen-bond donors (Lipinski definition) is 1. The summed E-state index contributed by atoms with van der Waals surface area (Å²) in [7, 11) is 0. The van der Waals surface area contributed by atoms with E-state index in [9.17, 15) is 18.0 Å². The van der Waals surface area contributed by atoms with Gasteiger partial charge in [0.1, 0.15) is 0 Å². The molecule has 1 amide bonds. The quantitative estimate of drug-likeness (QED) is 0.846. The molecule has 0 bridgehead atoms. The molecule has 0 aliphatic carbocycles. The van der Waals surface area contributed by atoms with Crippen molar-refractivity contribution in [3.63, 3.8) is 0 Å². The van der Waals surface area contributed by atoms with Gasteiger partial charge in [-0.15, -0.1) is 10.2 Å². The fraction of sp³-hybridized carbons (Fsp3) is 0.529. The fourth-order valence-electron chi connectivity index (χ4n) is 3.05. The number of hydrogen-bond acceptors (Lipinski definition) is 5. The number of alkyl halides is 3. The van der Waals surface area contributed by atoms with Crippen LogP contribution in [0.15, 0.2) is 18.2 Å². The highest BCUT2D eigenvalue weighted by atomic mass is 19.4. The lowest BCUT2D eigenvalue weighted by atomic mass is 9.99. The second-order valence-corrected chi connectivity index (χ2v) is 6.48. The van der Waals surface area contributed by atoms with Crippen LogP contribution in [0.5, 0.6) is 0 Å². The number of aromatic nitrogens is 4. The van der Waals surface area contributed by atoms with Crippen LogP contribution >= 0.6 is 0 Å². The predicted octanol–water partition coefficient (Wildman–Crippen LogP) is 1.41. The second kappa shape index (κ2) is 8.03. The summed E-state index contributed by atoms with van der Waals surface area (Å²) in [6.07, 6.45) is -3.82. The van der Waals surface area contributed by atoms with E-state index in [0.29, 0.717) is 36.5 Å². The second-order valence-electron chi connectivity index (χ2n) is 6.48. The molecule has 27 heavy (non-hydrogen) atoms. The Hall–Kier alpha value is -2.49. The third-order valence-corrected chi connectivity index (χ3v) is 4.48. The van der Waals surface area contributed by atoms with Gasteiger partial charge in [0.15, 0.2) is 5.82 Å². The van der Waals surface area contributed by atoms with Crippen molar-refractivity contribution >= 4 is 5.91 Å². The summed E-state index contributed by atoms with van der Waals surface area (Å²) in [5, 5.41) is 14.8.